The van der Waals surface area contributed by atoms with Crippen molar-refractivity contribution in [1.29, 1.82) is 0 Å². The van der Waals surface area contributed by atoms with Gasteiger partial charge in [0.1, 0.15) is 5.82 Å². The summed E-state index contributed by atoms with van der Waals surface area (Å²) in [6.07, 6.45) is 4.91. The van der Waals surface area contributed by atoms with Crippen molar-refractivity contribution < 1.29 is 0 Å². The van der Waals surface area contributed by atoms with Crippen molar-refractivity contribution in [2.75, 3.05) is 12.1 Å². The first kappa shape index (κ1) is 12.7. The molecular weight excluding hydrogens is 246 g/mol. The molecule has 0 spiro atoms. The van der Waals surface area contributed by atoms with Crippen molar-refractivity contribution in [1.82, 2.24) is 14.5 Å². The van der Waals surface area contributed by atoms with Gasteiger partial charge in [-0.15, -0.1) is 0 Å². The van der Waals surface area contributed by atoms with Crippen LogP contribution in [0.15, 0.2) is 45.3 Å². The highest BCUT2D eigenvalue weighted by Crippen LogP contribution is 2.02. The van der Waals surface area contributed by atoms with Crippen molar-refractivity contribution in [2.24, 2.45) is 12.1 Å². The number of H-pyrrole nitrogens is 1. The van der Waals surface area contributed by atoms with E-state index in [1.54, 1.807) is 31.7 Å². The summed E-state index contributed by atoms with van der Waals surface area (Å²) in [6.45, 7) is 0. The molecular formula is C12H13N5O2. The molecule has 2 aromatic rings. The van der Waals surface area contributed by atoms with Gasteiger partial charge in [0.2, 0.25) is 0 Å². The molecule has 2 rings (SSSR count). The molecule has 2 aromatic heterocycles. The van der Waals surface area contributed by atoms with Crippen LogP contribution in [0.2, 0.25) is 0 Å². The molecule has 0 fully saturated rings. The van der Waals surface area contributed by atoms with Gasteiger partial charge in [0.25, 0.3) is 5.56 Å². The van der Waals surface area contributed by atoms with Crippen LogP contribution in [0.5, 0.6) is 0 Å². The number of hydrogen-bond acceptors (Lipinski definition) is 5. The number of rotatable bonds is 3. The molecule has 7 heteroatoms. The number of hydrogen-bond donors (Lipinski definition) is 1. The minimum atomic E-state index is -0.481. The molecule has 2 heterocycles. The summed E-state index contributed by atoms with van der Waals surface area (Å²) in [7, 11) is 3.04. The Bertz CT molecular complexity index is 671. The lowest BCUT2D eigenvalue weighted by Crippen LogP contribution is -2.33. The number of aromatic amines is 1. The van der Waals surface area contributed by atoms with E-state index in [9.17, 15) is 9.59 Å². The monoisotopic (exact) mass is 259 g/mol. The van der Waals surface area contributed by atoms with Crippen LogP contribution in [0.3, 0.4) is 0 Å². The number of nitrogens with one attached hydrogen (secondary N) is 1. The highest BCUT2D eigenvalue weighted by atomic mass is 16.2. The summed E-state index contributed by atoms with van der Waals surface area (Å²) in [6, 6.07) is 4.95. The molecule has 0 atom stereocenters. The molecule has 98 valence electrons. The third kappa shape index (κ3) is 2.95. The van der Waals surface area contributed by atoms with E-state index in [-0.39, 0.29) is 5.56 Å². The number of anilines is 1. The van der Waals surface area contributed by atoms with E-state index >= 15 is 0 Å². The third-order valence-electron chi connectivity index (χ3n) is 2.54. The van der Waals surface area contributed by atoms with Crippen molar-refractivity contribution >= 4 is 12.0 Å². The van der Waals surface area contributed by atoms with Gasteiger partial charge in [-0.2, -0.15) is 5.10 Å². The second-order valence-electron chi connectivity index (χ2n) is 3.91. The smallest absolute Gasteiger partial charge is 0.292 e. The number of aromatic nitrogens is 3. The molecule has 0 saturated carbocycles. The standard InChI is InChI=1S/C12H13N5O2/c1-16-11(18)6-10(15-12(16)19)17(2)14-8-9-4-3-5-13-7-9/h3-8H,1-2H3,(H,15,19)/b14-8-. The zero-order valence-electron chi connectivity index (χ0n) is 10.6. The van der Waals surface area contributed by atoms with Crippen molar-refractivity contribution in [2.45, 2.75) is 0 Å². The van der Waals surface area contributed by atoms with E-state index in [4.69, 9.17) is 0 Å². The maximum atomic E-state index is 11.5. The van der Waals surface area contributed by atoms with Gasteiger partial charge in [-0.25, -0.2) is 4.79 Å². The van der Waals surface area contributed by atoms with Gasteiger partial charge in [0.05, 0.1) is 6.21 Å². The summed E-state index contributed by atoms with van der Waals surface area (Å²) in [5.74, 6) is 0.327. The Morgan fingerprint density at radius 2 is 2.26 bits per heavy atom. The molecule has 7 nitrogen and oxygen atoms in total. The zero-order chi connectivity index (χ0) is 13.8. The lowest BCUT2D eigenvalue weighted by atomic mass is 10.3. The average Bonchev–Trinajstić information content (AvgIpc) is 2.42. The van der Waals surface area contributed by atoms with Crippen LogP contribution in [-0.4, -0.2) is 27.8 Å². The fourth-order valence-electron chi connectivity index (χ4n) is 1.39. The largest absolute Gasteiger partial charge is 0.329 e. The van der Waals surface area contributed by atoms with Crippen LogP contribution >= 0.6 is 0 Å². The molecule has 0 aliphatic rings. The fourth-order valence-corrected chi connectivity index (χ4v) is 1.39. The molecule has 0 unspecified atom stereocenters. The number of nitrogens with zero attached hydrogens (tertiary/aromatic N) is 4. The predicted octanol–water partition coefficient (Wildman–Crippen LogP) is -0.0611. The van der Waals surface area contributed by atoms with Gasteiger partial charge in [-0.1, -0.05) is 6.07 Å². The Balaban J connectivity index is 2.26. The molecule has 0 saturated heterocycles. The maximum absolute atomic E-state index is 11.5. The number of pyridine rings is 1. The number of hydrazone groups is 1. The Kier molecular flexibility index (Phi) is 3.56. The lowest BCUT2D eigenvalue weighted by Gasteiger charge is -2.11. The minimum absolute atomic E-state index is 0.327. The van der Waals surface area contributed by atoms with Gasteiger partial charge < -0.3 is 0 Å². The summed E-state index contributed by atoms with van der Waals surface area (Å²) in [5.41, 5.74) is -0.0476. The fraction of sp³-hybridized carbons (Fsp3) is 0.167. The van der Waals surface area contributed by atoms with Crippen LogP contribution in [0, 0.1) is 0 Å². The second kappa shape index (κ2) is 5.30. The highest BCUT2D eigenvalue weighted by molar-refractivity contribution is 5.79. The molecule has 1 N–H and O–H groups in total. The van der Waals surface area contributed by atoms with Gasteiger partial charge in [0.15, 0.2) is 0 Å². The third-order valence-corrected chi connectivity index (χ3v) is 2.54. The lowest BCUT2D eigenvalue weighted by molar-refractivity contribution is 0.766. The highest BCUT2D eigenvalue weighted by Gasteiger charge is 2.03. The van der Waals surface area contributed by atoms with Gasteiger partial charge in [-0.3, -0.25) is 24.3 Å². The average molecular weight is 259 g/mol. The van der Waals surface area contributed by atoms with Crippen molar-refractivity contribution in [3.8, 4) is 0 Å². The van der Waals surface area contributed by atoms with Crippen LogP contribution in [0.4, 0.5) is 5.82 Å². The zero-order valence-corrected chi connectivity index (χ0v) is 10.6. The molecule has 0 amide bonds. The van der Waals surface area contributed by atoms with Gasteiger partial charge >= 0.3 is 5.69 Å². The van der Waals surface area contributed by atoms with Crippen LogP contribution < -0.4 is 16.3 Å². The van der Waals surface area contributed by atoms with E-state index < -0.39 is 5.69 Å². The topological polar surface area (TPSA) is 83.3 Å². The first-order chi connectivity index (χ1) is 9.08. The Morgan fingerprint density at radius 3 is 2.89 bits per heavy atom. The summed E-state index contributed by atoms with van der Waals surface area (Å²) in [5, 5.41) is 5.54. The van der Waals surface area contributed by atoms with Gasteiger partial charge in [-0.05, 0) is 6.07 Å². The van der Waals surface area contributed by atoms with Crippen LogP contribution in [-0.2, 0) is 7.05 Å². The summed E-state index contributed by atoms with van der Waals surface area (Å²) >= 11 is 0. The summed E-state index contributed by atoms with van der Waals surface area (Å²) < 4.78 is 0.988. The molecule has 19 heavy (non-hydrogen) atoms. The van der Waals surface area contributed by atoms with Crippen molar-refractivity contribution in [3.05, 3.63) is 57.0 Å². The quantitative estimate of drug-likeness (QED) is 0.618. The Morgan fingerprint density at radius 1 is 1.47 bits per heavy atom. The predicted molar refractivity (Wildman–Crippen MR) is 72.5 cm³/mol. The normalized spacial score (nSPS) is 10.8. The van der Waals surface area contributed by atoms with E-state index in [0.717, 1.165) is 10.1 Å². The molecule has 0 aromatic carbocycles. The van der Waals surface area contributed by atoms with Crippen molar-refractivity contribution in [3.63, 3.8) is 0 Å². The molecule has 0 aliphatic heterocycles. The summed E-state index contributed by atoms with van der Waals surface area (Å²) in [4.78, 5) is 29.5. The van der Waals surface area contributed by atoms with E-state index in [1.807, 2.05) is 6.07 Å². The second-order valence-corrected chi connectivity index (χ2v) is 3.91. The minimum Gasteiger partial charge on any atom is -0.292 e. The first-order valence-electron chi connectivity index (χ1n) is 5.56. The Labute approximate surface area is 108 Å². The molecule has 0 bridgehead atoms. The SMILES string of the molecule is CN(/N=C\c1cccnc1)c1cc(=O)n(C)c(=O)[nH]1. The molecule has 0 aliphatic carbocycles. The maximum Gasteiger partial charge on any atom is 0.329 e. The molecule has 0 radical (unpaired) electrons. The van der Waals surface area contributed by atoms with Crippen LogP contribution in [0.25, 0.3) is 0 Å². The van der Waals surface area contributed by atoms with Gasteiger partial charge in [0, 0.05) is 38.1 Å². The van der Waals surface area contributed by atoms with E-state index in [1.165, 1.54) is 18.1 Å². The first-order valence-corrected chi connectivity index (χ1v) is 5.56. The van der Waals surface area contributed by atoms with Crippen LogP contribution in [0.1, 0.15) is 5.56 Å². The van der Waals surface area contributed by atoms with E-state index in [2.05, 4.69) is 15.1 Å². The Hall–Kier alpha value is -2.70. The van der Waals surface area contributed by atoms with E-state index in [0.29, 0.717) is 5.82 Å².